The monoisotopic (exact) mass is 423 g/mol. The minimum Gasteiger partial charge on any atom is -0.496 e. The number of fused-ring (bicyclic) bond motifs is 3. The zero-order chi connectivity index (χ0) is 29.3. The van der Waals surface area contributed by atoms with Crippen molar-refractivity contribution in [2.75, 3.05) is 7.04 Å². The molecular weight excluding hydrogens is 384 g/mol. The summed E-state index contributed by atoms with van der Waals surface area (Å²) in [6, 6.07) is 7.56. The van der Waals surface area contributed by atoms with Crippen molar-refractivity contribution in [1.82, 2.24) is 9.97 Å². The van der Waals surface area contributed by atoms with Crippen LogP contribution < -0.4 is 4.74 Å². The predicted octanol–water partition coefficient (Wildman–Crippen LogP) is 7.22. The van der Waals surface area contributed by atoms with Gasteiger partial charge in [0.1, 0.15) is 5.75 Å². The van der Waals surface area contributed by atoms with Crippen LogP contribution in [0.5, 0.6) is 5.75 Å². The molecule has 0 saturated heterocycles. The first-order chi connectivity index (χ1) is 18.5. The van der Waals surface area contributed by atoms with Crippen molar-refractivity contribution in [2.24, 2.45) is 5.92 Å². The standard InChI is InChI=1S/C27H30N2O2/c1-16(2)22-15-28-23(14-19(22)13-18-7-5-6-8-18)20-11-12-24(30-4)25-21-10-9-17(3)29-27(21)31-26(20)25/h9-12,14-16,18H,5-8,13H2,1-4H3/i3D3,4D3,13D2,16D. The summed E-state index contributed by atoms with van der Waals surface area (Å²) in [7, 11) is -2.76. The number of hydrogen-bond acceptors (Lipinski definition) is 4. The number of hydrogen-bond donors (Lipinski definition) is 0. The highest BCUT2D eigenvalue weighted by Crippen LogP contribution is 2.41. The first-order valence-electron chi connectivity index (χ1n) is 15.0. The topological polar surface area (TPSA) is 48.2 Å². The summed E-state index contributed by atoms with van der Waals surface area (Å²) in [4.78, 5) is 8.77. The molecule has 0 bridgehead atoms. The molecule has 0 atom stereocenters. The van der Waals surface area contributed by atoms with E-state index in [1.807, 2.05) is 0 Å². The highest BCUT2D eigenvalue weighted by atomic mass is 16.5. The lowest BCUT2D eigenvalue weighted by Crippen LogP contribution is -2.05. The van der Waals surface area contributed by atoms with Crippen molar-refractivity contribution < 1.29 is 21.5 Å². The van der Waals surface area contributed by atoms with E-state index < -0.39 is 26.2 Å². The second kappa shape index (κ2) is 7.99. The Balaban J connectivity index is 1.77. The lowest BCUT2D eigenvalue weighted by molar-refractivity contribution is 0.420. The molecule has 1 fully saturated rings. The second-order valence-corrected chi connectivity index (χ2v) is 8.31. The summed E-state index contributed by atoms with van der Waals surface area (Å²) in [5.41, 5.74) is 1.68. The minimum atomic E-state index is -2.76. The van der Waals surface area contributed by atoms with E-state index in [1.54, 1.807) is 26.0 Å². The van der Waals surface area contributed by atoms with Gasteiger partial charge in [0.05, 0.1) is 27.6 Å². The molecule has 1 aromatic carbocycles. The van der Waals surface area contributed by atoms with E-state index >= 15 is 0 Å². The third-order valence-electron chi connectivity index (χ3n) is 5.99. The van der Waals surface area contributed by atoms with Gasteiger partial charge in [-0.3, -0.25) is 4.98 Å². The average molecular weight is 424 g/mol. The van der Waals surface area contributed by atoms with Crippen LogP contribution >= 0.6 is 0 Å². The molecule has 0 unspecified atom stereocenters. The van der Waals surface area contributed by atoms with Gasteiger partial charge >= 0.3 is 0 Å². The SMILES string of the molecule is [2H]C([2H])([2H])Oc1ccc(-c2cc(C([2H])([2H])C3CCCC3)c(C([2H])(C)C)cn2)c2oc3nc(C([2H])([2H])[2H])ccc3c12. The fourth-order valence-electron chi connectivity index (χ4n) is 4.43. The van der Waals surface area contributed by atoms with E-state index in [2.05, 4.69) is 9.97 Å². The van der Waals surface area contributed by atoms with Gasteiger partial charge in [0, 0.05) is 25.7 Å². The van der Waals surface area contributed by atoms with Crippen molar-refractivity contribution in [1.29, 1.82) is 0 Å². The van der Waals surface area contributed by atoms with Crippen molar-refractivity contribution in [3.8, 4) is 17.0 Å². The smallest absolute Gasteiger partial charge is 0.227 e. The highest BCUT2D eigenvalue weighted by molar-refractivity contribution is 6.11. The molecule has 3 aromatic heterocycles. The van der Waals surface area contributed by atoms with E-state index in [0.29, 0.717) is 33.2 Å². The number of methoxy groups -OCH3 is 1. The van der Waals surface area contributed by atoms with Crippen LogP contribution in [0.2, 0.25) is 0 Å². The molecule has 31 heavy (non-hydrogen) atoms. The molecule has 0 N–H and O–H groups in total. The number of aryl methyl sites for hydroxylation is 1. The molecule has 1 aliphatic rings. The molecule has 4 aromatic rings. The Hall–Kier alpha value is -2.88. The lowest BCUT2D eigenvalue weighted by Gasteiger charge is -2.17. The molecule has 0 spiro atoms. The minimum absolute atomic E-state index is 0.00288. The van der Waals surface area contributed by atoms with E-state index in [1.165, 1.54) is 24.4 Å². The van der Waals surface area contributed by atoms with Gasteiger partial charge in [0.25, 0.3) is 0 Å². The van der Waals surface area contributed by atoms with Crippen molar-refractivity contribution >= 4 is 22.1 Å². The van der Waals surface area contributed by atoms with E-state index in [4.69, 9.17) is 21.5 Å². The summed E-state index contributed by atoms with van der Waals surface area (Å²) in [5, 5.41) is 0.662. The van der Waals surface area contributed by atoms with Gasteiger partial charge in [0.15, 0.2) is 5.58 Å². The number of rotatable bonds is 5. The fourth-order valence-corrected chi connectivity index (χ4v) is 4.43. The Bertz CT molecular complexity index is 1580. The zero-order valence-corrected chi connectivity index (χ0v) is 17.6. The summed E-state index contributed by atoms with van der Waals surface area (Å²) in [6.45, 7) is 0.921. The molecule has 4 heteroatoms. The number of nitrogens with zero attached hydrogens (tertiary/aromatic N) is 2. The first kappa shape index (κ1) is 12.2. The molecule has 160 valence electrons. The third-order valence-corrected chi connectivity index (χ3v) is 5.99. The van der Waals surface area contributed by atoms with Crippen LogP contribution in [0.25, 0.3) is 33.3 Å². The Labute approximate surface area is 196 Å². The maximum absolute atomic E-state index is 9.10. The molecule has 0 radical (unpaired) electrons. The van der Waals surface area contributed by atoms with Gasteiger partial charge in [-0.25, -0.2) is 4.98 Å². The van der Waals surface area contributed by atoms with Crippen molar-refractivity contribution in [3.63, 3.8) is 0 Å². The largest absolute Gasteiger partial charge is 0.496 e. The van der Waals surface area contributed by atoms with Gasteiger partial charge in [-0.1, -0.05) is 39.5 Å². The fraction of sp³-hybridized carbons (Fsp3) is 0.407. The third kappa shape index (κ3) is 3.58. The molecule has 1 aliphatic carbocycles. The Kier molecular flexibility index (Phi) is 3.15. The van der Waals surface area contributed by atoms with E-state index in [-0.39, 0.29) is 28.7 Å². The maximum Gasteiger partial charge on any atom is 0.227 e. The van der Waals surface area contributed by atoms with Crippen LogP contribution in [-0.4, -0.2) is 17.0 Å². The second-order valence-electron chi connectivity index (χ2n) is 8.31. The molecule has 5 rings (SSSR count). The van der Waals surface area contributed by atoms with Gasteiger partial charge < -0.3 is 9.15 Å². The lowest BCUT2D eigenvalue weighted by atomic mass is 9.90. The van der Waals surface area contributed by atoms with Crippen LogP contribution in [0, 0.1) is 12.8 Å². The predicted molar refractivity (Wildman–Crippen MR) is 126 cm³/mol. The molecule has 3 heterocycles. The van der Waals surface area contributed by atoms with Crippen molar-refractivity contribution in [3.05, 3.63) is 53.3 Å². The van der Waals surface area contributed by atoms with Crippen LogP contribution in [0.1, 0.15) is 74.6 Å². The highest BCUT2D eigenvalue weighted by Gasteiger charge is 2.21. The van der Waals surface area contributed by atoms with E-state index in [9.17, 15) is 0 Å². The summed E-state index contributed by atoms with van der Waals surface area (Å²) >= 11 is 0. The van der Waals surface area contributed by atoms with Gasteiger partial charge in [-0.15, -0.1) is 0 Å². The maximum atomic E-state index is 9.10. The first-order valence-corrected chi connectivity index (χ1v) is 10.5. The molecule has 0 amide bonds. The molecule has 0 aliphatic heterocycles. The van der Waals surface area contributed by atoms with Gasteiger partial charge in [-0.2, -0.15) is 0 Å². The van der Waals surface area contributed by atoms with Crippen LogP contribution in [0.3, 0.4) is 0 Å². The normalized spacial score (nSPS) is 20.8. The summed E-state index contributed by atoms with van der Waals surface area (Å²) in [6.07, 6.45) is 3.26. The summed E-state index contributed by atoms with van der Waals surface area (Å²) in [5.74, 6) is -1.28. The Morgan fingerprint density at radius 3 is 2.90 bits per heavy atom. The van der Waals surface area contributed by atoms with E-state index in [0.717, 1.165) is 25.7 Å². The number of pyridine rings is 2. The molecular formula is C27H30N2O2. The Morgan fingerprint density at radius 2 is 2.13 bits per heavy atom. The van der Waals surface area contributed by atoms with Crippen LogP contribution in [0.4, 0.5) is 0 Å². The summed E-state index contributed by atoms with van der Waals surface area (Å²) < 4.78 is 84.2. The number of ether oxygens (including phenoxy) is 1. The zero-order valence-electron chi connectivity index (χ0n) is 26.6. The number of aromatic nitrogens is 2. The number of furan rings is 1. The number of benzene rings is 1. The van der Waals surface area contributed by atoms with Crippen molar-refractivity contribution in [2.45, 2.75) is 58.6 Å². The quantitative estimate of drug-likeness (QED) is 0.340. The molecule has 4 nitrogen and oxygen atoms in total. The van der Waals surface area contributed by atoms with Gasteiger partial charge in [0.2, 0.25) is 5.71 Å². The average Bonchev–Trinajstić information content (AvgIpc) is 3.50. The van der Waals surface area contributed by atoms with Crippen LogP contribution in [-0.2, 0) is 6.37 Å². The van der Waals surface area contributed by atoms with Crippen LogP contribution in [0.15, 0.2) is 40.9 Å². The Morgan fingerprint density at radius 1 is 1.26 bits per heavy atom. The molecule has 1 saturated carbocycles. The van der Waals surface area contributed by atoms with Gasteiger partial charge in [-0.05, 0) is 66.5 Å².